The van der Waals surface area contributed by atoms with Gasteiger partial charge in [-0.3, -0.25) is 0 Å². The predicted molar refractivity (Wildman–Crippen MR) is 38.7 cm³/mol. The smallest absolute Gasteiger partial charge is 0.188 e. The van der Waals surface area contributed by atoms with Gasteiger partial charge in [-0.15, -0.1) is 0 Å². The van der Waals surface area contributed by atoms with Crippen molar-refractivity contribution in [3.63, 3.8) is 0 Å². The van der Waals surface area contributed by atoms with Crippen LogP contribution in [0, 0.1) is 0 Å². The van der Waals surface area contributed by atoms with E-state index in [4.69, 9.17) is 9.47 Å². The second-order valence-corrected chi connectivity index (χ2v) is 2.60. The number of nitrogens with one attached hydrogen (secondary N) is 1. The maximum Gasteiger partial charge on any atom is 0.188 e. The Bertz CT molecular complexity index is 102. The molecule has 4 heteroatoms. The average Bonchev–Trinajstić information content (AvgIpc) is 2.03. The highest BCUT2D eigenvalue weighted by molar-refractivity contribution is 4.65. The molecule has 1 N–H and O–H groups in total. The number of hydrogen-bond donors (Lipinski definition) is 1. The quantitative estimate of drug-likeness (QED) is 0.580. The molecule has 1 aliphatic heterocycles. The van der Waals surface area contributed by atoms with Gasteiger partial charge in [0.25, 0.3) is 0 Å². The molecule has 0 aromatic heterocycles. The molecule has 2 unspecified atom stereocenters. The summed E-state index contributed by atoms with van der Waals surface area (Å²) >= 11 is 0. The first kappa shape index (κ1) is 8.93. The molecule has 1 radical (unpaired) electrons. The van der Waals surface area contributed by atoms with Gasteiger partial charge < -0.3 is 14.8 Å². The Balaban J connectivity index is 2.05. The zero-order chi connectivity index (χ0) is 8.10. The molecule has 0 aromatic carbocycles. The minimum Gasteiger partial charge on any atom is -0.373 e. The van der Waals surface area contributed by atoms with Crippen molar-refractivity contribution < 1.29 is 14.6 Å². The summed E-state index contributed by atoms with van der Waals surface area (Å²) in [6.07, 6.45) is -0.888. The third-order valence-electron chi connectivity index (χ3n) is 1.52. The van der Waals surface area contributed by atoms with Gasteiger partial charge in [-0.05, 0) is 6.92 Å². The van der Waals surface area contributed by atoms with E-state index < -0.39 is 6.29 Å². The molecule has 0 saturated carbocycles. The van der Waals surface area contributed by atoms with Crippen LogP contribution in [0.4, 0.5) is 0 Å². The molecule has 0 spiro atoms. The Labute approximate surface area is 66.5 Å². The molecule has 1 saturated heterocycles. The standard InChI is InChI=1S/C7H14NO3/c1-6(9)11-5-7-4-8-2-3-10-7/h6-8H,2-5H2,1H3. The lowest BCUT2D eigenvalue weighted by Crippen LogP contribution is -2.41. The van der Waals surface area contributed by atoms with Crippen molar-refractivity contribution in [3.05, 3.63) is 0 Å². The molecule has 11 heavy (non-hydrogen) atoms. The van der Waals surface area contributed by atoms with E-state index in [0.717, 1.165) is 13.1 Å². The maximum atomic E-state index is 10.5. The van der Waals surface area contributed by atoms with Crippen LogP contribution in [-0.4, -0.2) is 38.7 Å². The van der Waals surface area contributed by atoms with Gasteiger partial charge in [-0.1, -0.05) is 0 Å². The van der Waals surface area contributed by atoms with E-state index in [1.807, 2.05) is 0 Å². The molecule has 1 heterocycles. The first-order valence-corrected chi connectivity index (χ1v) is 3.89. The first-order valence-electron chi connectivity index (χ1n) is 3.89. The summed E-state index contributed by atoms with van der Waals surface area (Å²) in [6.45, 7) is 4.27. The number of ether oxygens (including phenoxy) is 2. The van der Waals surface area contributed by atoms with Gasteiger partial charge in [0.15, 0.2) is 6.29 Å². The van der Waals surface area contributed by atoms with E-state index in [1.54, 1.807) is 0 Å². The van der Waals surface area contributed by atoms with Gasteiger partial charge >= 0.3 is 0 Å². The molecule has 4 nitrogen and oxygen atoms in total. The molecule has 0 aromatic rings. The van der Waals surface area contributed by atoms with E-state index in [1.165, 1.54) is 6.92 Å². The van der Waals surface area contributed by atoms with Gasteiger partial charge in [0.2, 0.25) is 0 Å². The van der Waals surface area contributed by atoms with Crippen LogP contribution in [0.25, 0.3) is 0 Å². The number of rotatable bonds is 3. The van der Waals surface area contributed by atoms with Crippen molar-refractivity contribution in [3.8, 4) is 0 Å². The van der Waals surface area contributed by atoms with Crippen molar-refractivity contribution in [2.45, 2.75) is 19.3 Å². The number of morpholine rings is 1. The van der Waals surface area contributed by atoms with E-state index in [-0.39, 0.29) is 6.10 Å². The van der Waals surface area contributed by atoms with Gasteiger partial charge in [0.05, 0.1) is 19.3 Å². The summed E-state index contributed by atoms with van der Waals surface area (Å²) in [4.78, 5) is 0. The molecule has 1 fully saturated rings. The Hall–Kier alpha value is -0.160. The van der Waals surface area contributed by atoms with E-state index in [2.05, 4.69) is 5.32 Å². The zero-order valence-electron chi connectivity index (χ0n) is 6.71. The second-order valence-electron chi connectivity index (χ2n) is 2.60. The summed E-state index contributed by atoms with van der Waals surface area (Å²) in [5, 5.41) is 13.6. The minimum atomic E-state index is -0.944. The third kappa shape index (κ3) is 3.67. The summed E-state index contributed by atoms with van der Waals surface area (Å²) in [5.74, 6) is 0. The van der Waals surface area contributed by atoms with Crippen LogP contribution < -0.4 is 5.32 Å². The van der Waals surface area contributed by atoms with Crippen molar-refractivity contribution in [1.82, 2.24) is 5.32 Å². The minimum absolute atomic E-state index is 0.0557. The van der Waals surface area contributed by atoms with Crippen molar-refractivity contribution in [1.29, 1.82) is 0 Å². The predicted octanol–water partition coefficient (Wildman–Crippen LogP) is -0.232. The van der Waals surface area contributed by atoms with Crippen molar-refractivity contribution >= 4 is 0 Å². The average molecular weight is 160 g/mol. The fourth-order valence-corrected chi connectivity index (χ4v) is 0.970. The highest BCUT2D eigenvalue weighted by Gasteiger charge is 2.13. The zero-order valence-corrected chi connectivity index (χ0v) is 6.71. The van der Waals surface area contributed by atoms with E-state index in [0.29, 0.717) is 13.2 Å². The lowest BCUT2D eigenvalue weighted by atomic mass is 10.3. The van der Waals surface area contributed by atoms with Crippen molar-refractivity contribution in [2.24, 2.45) is 0 Å². The SMILES string of the molecule is CC([O])OCC1CNCCO1. The lowest BCUT2D eigenvalue weighted by Gasteiger charge is -2.23. The lowest BCUT2D eigenvalue weighted by molar-refractivity contribution is -0.153. The van der Waals surface area contributed by atoms with E-state index >= 15 is 0 Å². The Morgan fingerprint density at radius 1 is 1.82 bits per heavy atom. The molecular formula is C7H14NO3. The van der Waals surface area contributed by atoms with Crippen LogP contribution in [0.5, 0.6) is 0 Å². The second kappa shape index (κ2) is 4.66. The number of hydrogen-bond acceptors (Lipinski definition) is 3. The van der Waals surface area contributed by atoms with E-state index in [9.17, 15) is 5.11 Å². The molecule has 1 aliphatic rings. The Kier molecular flexibility index (Phi) is 3.79. The summed E-state index contributed by atoms with van der Waals surface area (Å²) in [5.41, 5.74) is 0. The van der Waals surface area contributed by atoms with Crippen LogP contribution in [0.15, 0.2) is 0 Å². The molecular weight excluding hydrogens is 146 g/mol. The van der Waals surface area contributed by atoms with Crippen LogP contribution in [-0.2, 0) is 14.6 Å². The van der Waals surface area contributed by atoms with Gasteiger partial charge in [0.1, 0.15) is 0 Å². The van der Waals surface area contributed by atoms with Gasteiger partial charge in [0, 0.05) is 13.1 Å². The summed E-state index contributed by atoms with van der Waals surface area (Å²) < 4.78 is 10.2. The maximum absolute atomic E-state index is 10.5. The fourth-order valence-electron chi connectivity index (χ4n) is 0.970. The van der Waals surface area contributed by atoms with Crippen LogP contribution in [0.2, 0.25) is 0 Å². The molecule has 0 aliphatic carbocycles. The van der Waals surface area contributed by atoms with Gasteiger partial charge in [-0.25, -0.2) is 5.11 Å². The topological polar surface area (TPSA) is 50.4 Å². The summed E-state index contributed by atoms with van der Waals surface area (Å²) in [7, 11) is 0. The molecule has 2 atom stereocenters. The third-order valence-corrected chi connectivity index (χ3v) is 1.52. The monoisotopic (exact) mass is 160 g/mol. The summed E-state index contributed by atoms with van der Waals surface area (Å²) in [6, 6.07) is 0. The van der Waals surface area contributed by atoms with Crippen LogP contribution >= 0.6 is 0 Å². The highest BCUT2D eigenvalue weighted by Crippen LogP contribution is 1.98. The largest absolute Gasteiger partial charge is 0.373 e. The van der Waals surface area contributed by atoms with Crippen molar-refractivity contribution in [2.75, 3.05) is 26.3 Å². The molecule has 65 valence electrons. The Morgan fingerprint density at radius 2 is 2.64 bits per heavy atom. The van der Waals surface area contributed by atoms with Crippen LogP contribution in [0.3, 0.4) is 0 Å². The first-order chi connectivity index (χ1) is 5.29. The van der Waals surface area contributed by atoms with Gasteiger partial charge in [-0.2, -0.15) is 0 Å². The molecule has 1 rings (SSSR count). The molecule has 0 bridgehead atoms. The molecule has 0 amide bonds. The fraction of sp³-hybridized carbons (Fsp3) is 1.00. The van der Waals surface area contributed by atoms with Crippen LogP contribution in [0.1, 0.15) is 6.92 Å². The normalized spacial score (nSPS) is 28.4. The highest BCUT2D eigenvalue weighted by atomic mass is 16.6. The Morgan fingerprint density at radius 3 is 3.18 bits per heavy atom.